The topological polar surface area (TPSA) is 63.8 Å². The van der Waals surface area contributed by atoms with Gasteiger partial charge in [-0.05, 0) is 43.2 Å². The van der Waals surface area contributed by atoms with Crippen molar-refractivity contribution in [1.29, 1.82) is 0 Å². The molecule has 0 saturated heterocycles. The summed E-state index contributed by atoms with van der Waals surface area (Å²) < 4.78 is 0. The lowest BCUT2D eigenvalue weighted by molar-refractivity contribution is 0.953. The van der Waals surface area contributed by atoms with E-state index in [0.29, 0.717) is 18.2 Å². The van der Waals surface area contributed by atoms with Crippen LogP contribution in [0, 0.1) is 13.8 Å². The Kier molecular flexibility index (Phi) is 3.23. The van der Waals surface area contributed by atoms with Gasteiger partial charge in [-0.2, -0.15) is 0 Å². The molecular formula is C13H16N4. The number of aromatic nitrogens is 2. The quantitative estimate of drug-likeness (QED) is 0.846. The van der Waals surface area contributed by atoms with Crippen LogP contribution in [0.25, 0.3) is 0 Å². The lowest BCUT2D eigenvalue weighted by Gasteiger charge is -2.08. The van der Waals surface area contributed by atoms with Gasteiger partial charge in [-0.25, -0.2) is 9.97 Å². The zero-order chi connectivity index (χ0) is 12.3. The molecule has 0 unspecified atom stereocenters. The molecule has 1 aromatic heterocycles. The second-order valence-corrected chi connectivity index (χ2v) is 4.05. The Balaban J connectivity index is 2.05. The summed E-state index contributed by atoms with van der Waals surface area (Å²) in [6.07, 6.45) is 1.67. The van der Waals surface area contributed by atoms with Crippen LogP contribution in [0.15, 0.2) is 30.5 Å². The number of rotatable bonds is 3. The summed E-state index contributed by atoms with van der Waals surface area (Å²) in [5.74, 6) is 1.19. The maximum atomic E-state index is 5.59. The molecule has 0 fully saturated rings. The first-order chi connectivity index (χ1) is 8.15. The number of anilines is 2. The highest BCUT2D eigenvalue weighted by Gasteiger charge is 1.99. The average molecular weight is 228 g/mol. The second kappa shape index (κ2) is 4.82. The molecule has 0 spiro atoms. The van der Waals surface area contributed by atoms with E-state index in [1.807, 2.05) is 0 Å². The number of nitrogens with two attached hydrogens (primary N) is 1. The van der Waals surface area contributed by atoms with E-state index in [4.69, 9.17) is 5.73 Å². The van der Waals surface area contributed by atoms with Crippen molar-refractivity contribution >= 4 is 11.5 Å². The fourth-order valence-electron chi connectivity index (χ4n) is 1.53. The number of hydrogen-bond acceptors (Lipinski definition) is 4. The SMILES string of the molecule is Cc1ccc(NCc2nccc(N)n2)cc1C. The van der Waals surface area contributed by atoms with Crippen LogP contribution in [0.5, 0.6) is 0 Å². The van der Waals surface area contributed by atoms with Gasteiger partial charge < -0.3 is 11.1 Å². The Morgan fingerprint density at radius 1 is 1.18 bits per heavy atom. The number of nitrogens with zero attached hydrogens (tertiary/aromatic N) is 2. The number of nitrogen functional groups attached to an aromatic ring is 1. The highest BCUT2D eigenvalue weighted by atomic mass is 15.0. The molecule has 0 aliphatic heterocycles. The van der Waals surface area contributed by atoms with Crippen molar-refractivity contribution in [1.82, 2.24) is 9.97 Å². The third kappa shape index (κ3) is 2.93. The minimum atomic E-state index is 0.497. The summed E-state index contributed by atoms with van der Waals surface area (Å²) in [5.41, 5.74) is 9.22. The van der Waals surface area contributed by atoms with Crippen LogP contribution >= 0.6 is 0 Å². The summed E-state index contributed by atoms with van der Waals surface area (Å²) in [7, 11) is 0. The monoisotopic (exact) mass is 228 g/mol. The molecule has 0 bridgehead atoms. The Hall–Kier alpha value is -2.10. The molecule has 0 atom stereocenters. The van der Waals surface area contributed by atoms with Gasteiger partial charge in [0.15, 0.2) is 0 Å². The van der Waals surface area contributed by atoms with Gasteiger partial charge in [-0.3, -0.25) is 0 Å². The van der Waals surface area contributed by atoms with Crippen molar-refractivity contribution < 1.29 is 0 Å². The molecule has 0 saturated carbocycles. The maximum absolute atomic E-state index is 5.59. The molecule has 1 aromatic carbocycles. The third-order valence-electron chi connectivity index (χ3n) is 2.68. The smallest absolute Gasteiger partial charge is 0.149 e. The van der Waals surface area contributed by atoms with Crippen LogP contribution < -0.4 is 11.1 Å². The van der Waals surface area contributed by atoms with Gasteiger partial charge in [0, 0.05) is 11.9 Å². The van der Waals surface area contributed by atoms with Crippen molar-refractivity contribution in [3.8, 4) is 0 Å². The molecule has 88 valence electrons. The molecule has 0 amide bonds. The van der Waals surface area contributed by atoms with Crippen molar-refractivity contribution in [2.45, 2.75) is 20.4 Å². The fraction of sp³-hybridized carbons (Fsp3) is 0.231. The Morgan fingerprint density at radius 3 is 2.71 bits per heavy atom. The van der Waals surface area contributed by atoms with Crippen molar-refractivity contribution in [2.24, 2.45) is 0 Å². The molecule has 0 aliphatic rings. The van der Waals surface area contributed by atoms with Gasteiger partial charge in [-0.15, -0.1) is 0 Å². The van der Waals surface area contributed by atoms with Crippen molar-refractivity contribution in [3.63, 3.8) is 0 Å². The van der Waals surface area contributed by atoms with Gasteiger partial charge in [-0.1, -0.05) is 6.07 Å². The lowest BCUT2D eigenvalue weighted by atomic mass is 10.1. The van der Waals surface area contributed by atoms with Crippen LogP contribution in [0.3, 0.4) is 0 Å². The molecule has 3 N–H and O–H groups in total. The van der Waals surface area contributed by atoms with E-state index in [-0.39, 0.29) is 0 Å². The average Bonchev–Trinajstić information content (AvgIpc) is 2.31. The van der Waals surface area contributed by atoms with Gasteiger partial charge in [0.25, 0.3) is 0 Å². The van der Waals surface area contributed by atoms with E-state index in [1.165, 1.54) is 11.1 Å². The zero-order valence-corrected chi connectivity index (χ0v) is 10.1. The van der Waals surface area contributed by atoms with E-state index in [0.717, 1.165) is 5.69 Å². The zero-order valence-electron chi connectivity index (χ0n) is 10.1. The van der Waals surface area contributed by atoms with E-state index in [2.05, 4.69) is 47.3 Å². The maximum Gasteiger partial charge on any atom is 0.149 e. The van der Waals surface area contributed by atoms with Gasteiger partial charge >= 0.3 is 0 Å². The summed E-state index contributed by atoms with van der Waals surface area (Å²) in [6, 6.07) is 7.94. The summed E-state index contributed by atoms with van der Waals surface area (Å²) >= 11 is 0. The largest absolute Gasteiger partial charge is 0.384 e. The molecular weight excluding hydrogens is 212 g/mol. The molecule has 2 rings (SSSR count). The van der Waals surface area contributed by atoms with Crippen LogP contribution in [-0.2, 0) is 6.54 Å². The second-order valence-electron chi connectivity index (χ2n) is 4.05. The van der Waals surface area contributed by atoms with Crippen LogP contribution in [0.2, 0.25) is 0 Å². The van der Waals surface area contributed by atoms with E-state index >= 15 is 0 Å². The summed E-state index contributed by atoms with van der Waals surface area (Å²) in [6.45, 7) is 4.77. The predicted molar refractivity (Wildman–Crippen MR) is 69.7 cm³/mol. The molecule has 1 heterocycles. The first kappa shape index (κ1) is 11.4. The van der Waals surface area contributed by atoms with Crippen LogP contribution in [0.4, 0.5) is 11.5 Å². The van der Waals surface area contributed by atoms with Gasteiger partial charge in [0.2, 0.25) is 0 Å². The normalized spacial score (nSPS) is 10.2. The Labute approximate surface area is 101 Å². The fourth-order valence-corrected chi connectivity index (χ4v) is 1.53. The predicted octanol–water partition coefficient (Wildman–Crippen LogP) is 2.29. The van der Waals surface area contributed by atoms with Crippen LogP contribution in [-0.4, -0.2) is 9.97 Å². The number of hydrogen-bond donors (Lipinski definition) is 2. The molecule has 0 aliphatic carbocycles. The molecule has 4 nitrogen and oxygen atoms in total. The molecule has 4 heteroatoms. The number of aryl methyl sites for hydroxylation is 2. The first-order valence-corrected chi connectivity index (χ1v) is 5.53. The molecule has 0 radical (unpaired) electrons. The van der Waals surface area contributed by atoms with Crippen molar-refractivity contribution in [2.75, 3.05) is 11.1 Å². The highest BCUT2D eigenvalue weighted by molar-refractivity contribution is 5.48. The third-order valence-corrected chi connectivity index (χ3v) is 2.68. The Morgan fingerprint density at radius 2 is 2.00 bits per heavy atom. The highest BCUT2D eigenvalue weighted by Crippen LogP contribution is 2.14. The molecule has 2 aromatic rings. The summed E-state index contributed by atoms with van der Waals surface area (Å²) in [5, 5.41) is 3.28. The van der Waals surface area contributed by atoms with Gasteiger partial charge in [0.05, 0.1) is 6.54 Å². The number of nitrogens with one attached hydrogen (secondary N) is 1. The lowest BCUT2D eigenvalue weighted by Crippen LogP contribution is -2.05. The minimum Gasteiger partial charge on any atom is -0.384 e. The summed E-state index contributed by atoms with van der Waals surface area (Å²) in [4.78, 5) is 8.27. The van der Waals surface area contributed by atoms with Crippen molar-refractivity contribution in [3.05, 3.63) is 47.4 Å². The first-order valence-electron chi connectivity index (χ1n) is 5.53. The standard InChI is InChI=1S/C13H16N4/c1-9-3-4-11(7-10(9)2)16-8-13-15-6-5-12(14)17-13/h3-7,16H,8H2,1-2H3,(H2,14,15,17). The van der Waals surface area contributed by atoms with Crippen LogP contribution in [0.1, 0.15) is 17.0 Å². The minimum absolute atomic E-state index is 0.497. The Bertz CT molecular complexity index is 523. The van der Waals surface area contributed by atoms with E-state index < -0.39 is 0 Å². The number of benzene rings is 1. The van der Waals surface area contributed by atoms with E-state index in [1.54, 1.807) is 12.3 Å². The molecule has 17 heavy (non-hydrogen) atoms. The van der Waals surface area contributed by atoms with E-state index in [9.17, 15) is 0 Å². The van der Waals surface area contributed by atoms with Gasteiger partial charge in [0.1, 0.15) is 11.6 Å².